The summed E-state index contributed by atoms with van der Waals surface area (Å²) < 4.78 is 0. The molecule has 0 aliphatic heterocycles. The van der Waals surface area contributed by atoms with Crippen LogP contribution in [0.4, 0.5) is 5.69 Å². The number of ketones is 1. The molecule has 0 aliphatic carbocycles. The van der Waals surface area contributed by atoms with Crippen LogP contribution in [-0.4, -0.2) is 10.7 Å². The molecule has 21 heavy (non-hydrogen) atoms. The van der Waals surface area contributed by atoms with Crippen molar-refractivity contribution in [1.29, 1.82) is 0 Å². The standard InChI is InChI=1S/C17H17NO3/c1-12(2)13-7-9-14(10-8-13)17(19)11-15-5-3-4-6-16(15)18(20)21/h3-10,12H,11H2,1-2H3. The fourth-order valence-electron chi connectivity index (χ4n) is 2.17. The van der Waals surface area contributed by atoms with Crippen LogP contribution in [-0.2, 0) is 6.42 Å². The lowest BCUT2D eigenvalue weighted by molar-refractivity contribution is -0.385. The lowest BCUT2D eigenvalue weighted by Crippen LogP contribution is -2.06. The molecule has 2 aromatic carbocycles. The van der Waals surface area contributed by atoms with E-state index in [4.69, 9.17) is 0 Å². The summed E-state index contributed by atoms with van der Waals surface area (Å²) in [5.74, 6) is 0.295. The van der Waals surface area contributed by atoms with Crippen molar-refractivity contribution in [3.63, 3.8) is 0 Å². The number of rotatable bonds is 5. The van der Waals surface area contributed by atoms with E-state index in [-0.39, 0.29) is 17.9 Å². The van der Waals surface area contributed by atoms with Crippen molar-refractivity contribution in [2.24, 2.45) is 0 Å². The van der Waals surface area contributed by atoms with E-state index in [2.05, 4.69) is 13.8 Å². The molecule has 0 bridgehead atoms. The second-order valence-electron chi connectivity index (χ2n) is 5.26. The number of carbonyl (C=O) groups excluding carboxylic acids is 1. The summed E-state index contributed by atoms with van der Waals surface area (Å²) in [6.45, 7) is 4.17. The zero-order valence-electron chi connectivity index (χ0n) is 12.1. The molecule has 0 saturated heterocycles. The minimum absolute atomic E-state index is 0.00958. The Morgan fingerprint density at radius 3 is 2.29 bits per heavy atom. The van der Waals surface area contributed by atoms with E-state index in [1.165, 1.54) is 6.07 Å². The van der Waals surface area contributed by atoms with Gasteiger partial charge in [0.25, 0.3) is 5.69 Å². The van der Waals surface area contributed by atoms with Gasteiger partial charge in [-0.05, 0) is 11.5 Å². The van der Waals surface area contributed by atoms with E-state index in [0.717, 1.165) is 5.56 Å². The summed E-state index contributed by atoms with van der Waals surface area (Å²) in [6.07, 6.45) is 0.0399. The summed E-state index contributed by atoms with van der Waals surface area (Å²) in [6, 6.07) is 13.8. The molecule has 0 aromatic heterocycles. The Morgan fingerprint density at radius 1 is 1.10 bits per heavy atom. The molecule has 0 N–H and O–H groups in total. The number of Topliss-reactive ketones (excluding diaryl/α,β-unsaturated/α-hetero) is 1. The van der Waals surface area contributed by atoms with Gasteiger partial charge in [0.2, 0.25) is 0 Å². The third-order valence-corrected chi connectivity index (χ3v) is 3.44. The molecule has 0 unspecified atom stereocenters. The molecule has 2 rings (SSSR count). The normalized spacial score (nSPS) is 10.6. The highest BCUT2D eigenvalue weighted by molar-refractivity contribution is 5.98. The number of nitro groups is 1. The quantitative estimate of drug-likeness (QED) is 0.470. The van der Waals surface area contributed by atoms with Crippen molar-refractivity contribution in [2.75, 3.05) is 0 Å². The first-order valence-electron chi connectivity index (χ1n) is 6.84. The summed E-state index contributed by atoms with van der Waals surface area (Å²) in [5, 5.41) is 11.0. The highest BCUT2D eigenvalue weighted by atomic mass is 16.6. The molecule has 0 aliphatic rings. The molecule has 2 aromatic rings. The third kappa shape index (κ3) is 3.54. The van der Waals surface area contributed by atoms with E-state index >= 15 is 0 Å². The predicted octanol–water partition coefficient (Wildman–Crippen LogP) is 4.14. The first-order valence-corrected chi connectivity index (χ1v) is 6.84. The molecule has 4 heteroatoms. The van der Waals surface area contributed by atoms with Gasteiger partial charge >= 0.3 is 0 Å². The van der Waals surface area contributed by atoms with Crippen molar-refractivity contribution >= 4 is 11.5 Å². The van der Waals surface area contributed by atoms with Crippen LogP contribution < -0.4 is 0 Å². The lowest BCUT2D eigenvalue weighted by Gasteiger charge is -2.07. The van der Waals surface area contributed by atoms with Crippen molar-refractivity contribution in [2.45, 2.75) is 26.2 Å². The van der Waals surface area contributed by atoms with E-state index in [1.807, 2.05) is 12.1 Å². The Kier molecular flexibility index (Phi) is 4.48. The number of nitro benzene ring substituents is 1. The summed E-state index contributed by atoms with van der Waals surface area (Å²) >= 11 is 0. The van der Waals surface area contributed by atoms with Gasteiger partial charge in [-0.15, -0.1) is 0 Å². The number of benzene rings is 2. The third-order valence-electron chi connectivity index (χ3n) is 3.44. The van der Waals surface area contributed by atoms with Gasteiger partial charge in [0.15, 0.2) is 5.78 Å². The monoisotopic (exact) mass is 283 g/mol. The molecule has 0 spiro atoms. The van der Waals surface area contributed by atoms with Crippen molar-refractivity contribution < 1.29 is 9.72 Å². The molecule has 4 nitrogen and oxygen atoms in total. The van der Waals surface area contributed by atoms with Crippen LogP contribution >= 0.6 is 0 Å². The van der Waals surface area contributed by atoms with Gasteiger partial charge in [-0.3, -0.25) is 14.9 Å². The maximum absolute atomic E-state index is 12.2. The number of para-hydroxylation sites is 1. The summed E-state index contributed by atoms with van der Waals surface area (Å²) in [7, 11) is 0. The minimum Gasteiger partial charge on any atom is -0.294 e. The van der Waals surface area contributed by atoms with Crippen molar-refractivity contribution in [3.8, 4) is 0 Å². The van der Waals surface area contributed by atoms with Gasteiger partial charge < -0.3 is 0 Å². The molecule has 0 amide bonds. The number of carbonyl (C=O) groups is 1. The zero-order chi connectivity index (χ0) is 15.4. The average molecular weight is 283 g/mol. The molecular weight excluding hydrogens is 266 g/mol. The van der Waals surface area contributed by atoms with Crippen LogP contribution in [0.5, 0.6) is 0 Å². The average Bonchev–Trinajstić information content (AvgIpc) is 2.47. The first kappa shape index (κ1) is 14.9. The fraction of sp³-hybridized carbons (Fsp3) is 0.235. The maximum Gasteiger partial charge on any atom is 0.273 e. The highest BCUT2D eigenvalue weighted by Crippen LogP contribution is 2.20. The minimum atomic E-state index is -0.454. The van der Waals surface area contributed by atoms with Crippen LogP contribution in [0.15, 0.2) is 48.5 Å². The van der Waals surface area contributed by atoms with Gasteiger partial charge in [0.1, 0.15) is 0 Å². The Bertz CT molecular complexity index is 660. The largest absolute Gasteiger partial charge is 0.294 e. The molecule has 108 valence electrons. The topological polar surface area (TPSA) is 60.2 Å². The summed E-state index contributed by atoms with van der Waals surface area (Å²) in [5.41, 5.74) is 2.18. The van der Waals surface area contributed by atoms with Gasteiger partial charge in [0.05, 0.1) is 4.92 Å². The second kappa shape index (κ2) is 6.31. The Balaban J connectivity index is 2.20. The van der Waals surface area contributed by atoms with Crippen molar-refractivity contribution in [1.82, 2.24) is 0 Å². The van der Waals surface area contributed by atoms with Crippen LogP contribution in [0, 0.1) is 10.1 Å². The Labute approximate surface area is 123 Å². The fourth-order valence-corrected chi connectivity index (χ4v) is 2.17. The Morgan fingerprint density at radius 2 is 1.71 bits per heavy atom. The van der Waals surface area contributed by atoms with E-state index < -0.39 is 4.92 Å². The van der Waals surface area contributed by atoms with E-state index in [1.54, 1.807) is 30.3 Å². The molecular formula is C17H17NO3. The molecule has 0 atom stereocenters. The first-order chi connectivity index (χ1) is 9.99. The SMILES string of the molecule is CC(C)c1ccc(C(=O)Cc2ccccc2[N+](=O)[O-])cc1. The number of hydrogen-bond donors (Lipinski definition) is 0. The maximum atomic E-state index is 12.2. The second-order valence-corrected chi connectivity index (χ2v) is 5.26. The van der Waals surface area contributed by atoms with Gasteiger partial charge in [-0.2, -0.15) is 0 Å². The molecule has 0 radical (unpaired) electrons. The van der Waals surface area contributed by atoms with Gasteiger partial charge in [0, 0.05) is 23.6 Å². The number of nitrogens with zero attached hydrogens (tertiary/aromatic N) is 1. The van der Waals surface area contributed by atoms with Crippen LogP contribution in [0.1, 0.15) is 41.3 Å². The lowest BCUT2D eigenvalue weighted by atomic mass is 9.98. The number of hydrogen-bond acceptors (Lipinski definition) is 3. The molecule has 0 fully saturated rings. The smallest absolute Gasteiger partial charge is 0.273 e. The predicted molar refractivity (Wildman–Crippen MR) is 81.7 cm³/mol. The van der Waals surface area contributed by atoms with Crippen LogP contribution in [0.3, 0.4) is 0 Å². The molecule has 0 saturated carbocycles. The van der Waals surface area contributed by atoms with Gasteiger partial charge in [-0.25, -0.2) is 0 Å². The Hall–Kier alpha value is -2.49. The van der Waals surface area contributed by atoms with Gasteiger partial charge in [-0.1, -0.05) is 56.3 Å². The zero-order valence-corrected chi connectivity index (χ0v) is 12.1. The summed E-state index contributed by atoms with van der Waals surface area (Å²) in [4.78, 5) is 22.7. The van der Waals surface area contributed by atoms with Crippen molar-refractivity contribution in [3.05, 3.63) is 75.3 Å². The van der Waals surface area contributed by atoms with E-state index in [9.17, 15) is 14.9 Å². The van der Waals surface area contributed by atoms with Crippen LogP contribution in [0.25, 0.3) is 0 Å². The highest BCUT2D eigenvalue weighted by Gasteiger charge is 2.16. The van der Waals surface area contributed by atoms with Crippen LogP contribution in [0.2, 0.25) is 0 Å². The van der Waals surface area contributed by atoms with E-state index in [0.29, 0.717) is 17.0 Å². The molecule has 0 heterocycles.